The Kier molecular flexibility index (Phi) is 8.50. The maximum Gasteiger partial charge on any atom is 0.220 e. The predicted molar refractivity (Wildman–Crippen MR) is 118 cm³/mol. The zero-order chi connectivity index (χ0) is 19.4. The summed E-state index contributed by atoms with van der Waals surface area (Å²) in [6.45, 7) is 11.2. The first kappa shape index (κ1) is 22.7. The molecule has 0 aromatic heterocycles. The highest BCUT2D eigenvalue weighted by atomic mass is 32.2. The summed E-state index contributed by atoms with van der Waals surface area (Å²) in [6.07, 6.45) is 2.88. The van der Waals surface area contributed by atoms with Gasteiger partial charge in [-0.2, -0.15) is 0 Å². The van der Waals surface area contributed by atoms with Crippen LogP contribution in [0.15, 0.2) is 0 Å². The van der Waals surface area contributed by atoms with Gasteiger partial charge in [-0.3, -0.25) is 0 Å². The SMILES string of the molecule is CCC(C)(CC1CSC(=S)O1)OC(C)CC(C)(C)OCC1CSC(=S)O1. The lowest BCUT2D eigenvalue weighted by Crippen LogP contribution is -2.40. The molecule has 2 heterocycles. The third-order valence-electron chi connectivity index (χ3n) is 4.63. The van der Waals surface area contributed by atoms with Gasteiger partial charge in [-0.15, -0.1) is 0 Å². The van der Waals surface area contributed by atoms with Crippen molar-refractivity contribution < 1.29 is 18.9 Å². The van der Waals surface area contributed by atoms with Crippen molar-refractivity contribution in [3.63, 3.8) is 0 Å². The van der Waals surface area contributed by atoms with Crippen molar-refractivity contribution >= 4 is 56.7 Å². The normalized spacial score (nSPS) is 27.1. The summed E-state index contributed by atoms with van der Waals surface area (Å²) in [4.78, 5) is 0. The highest BCUT2D eigenvalue weighted by Crippen LogP contribution is 2.32. The molecule has 0 N–H and O–H groups in total. The molecule has 8 heteroatoms. The Hall–Kier alpha value is 0.400. The predicted octanol–water partition coefficient (Wildman–Crippen LogP) is 4.97. The minimum atomic E-state index is -0.284. The van der Waals surface area contributed by atoms with E-state index in [0.29, 0.717) is 15.4 Å². The Balaban J connectivity index is 1.79. The van der Waals surface area contributed by atoms with Crippen LogP contribution in [0, 0.1) is 0 Å². The lowest BCUT2D eigenvalue weighted by molar-refractivity contribution is -0.131. The maximum absolute atomic E-state index is 6.44. The van der Waals surface area contributed by atoms with E-state index in [1.54, 1.807) is 23.5 Å². The highest BCUT2D eigenvalue weighted by Gasteiger charge is 2.35. The highest BCUT2D eigenvalue weighted by molar-refractivity contribution is 8.23. The Labute approximate surface area is 176 Å². The molecule has 2 saturated heterocycles. The van der Waals surface area contributed by atoms with E-state index in [0.717, 1.165) is 30.8 Å². The summed E-state index contributed by atoms with van der Waals surface area (Å²) in [5.74, 6) is 1.79. The van der Waals surface area contributed by atoms with Crippen LogP contribution in [0.4, 0.5) is 0 Å². The van der Waals surface area contributed by atoms with E-state index in [1.165, 1.54) is 0 Å². The molecule has 150 valence electrons. The van der Waals surface area contributed by atoms with Gasteiger partial charge in [0.1, 0.15) is 12.2 Å². The van der Waals surface area contributed by atoms with E-state index in [1.807, 2.05) is 0 Å². The van der Waals surface area contributed by atoms with Crippen molar-refractivity contribution in [3.05, 3.63) is 0 Å². The van der Waals surface area contributed by atoms with E-state index < -0.39 is 0 Å². The van der Waals surface area contributed by atoms with E-state index in [-0.39, 0.29) is 29.5 Å². The van der Waals surface area contributed by atoms with Crippen molar-refractivity contribution in [2.24, 2.45) is 0 Å². The van der Waals surface area contributed by atoms with Crippen LogP contribution in [0.5, 0.6) is 0 Å². The molecule has 2 aliphatic heterocycles. The fourth-order valence-corrected chi connectivity index (χ4v) is 5.35. The number of hydrogen-bond acceptors (Lipinski definition) is 8. The summed E-state index contributed by atoms with van der Waals surface area (Å²) in [6, 6.07) is 0. The summed E-state index contributed by atoms with van der Waals surface area (Å²) < 4.78 is 25.1. The molecule has 2 rings (SSSR count). The lowest BCUT2D eigenvalue weighted by Gasteiger charge is -2.36. The standard InChI is InChI=1S/C18H30O4S4/c1-6-18(5,8-13-10-25-15(23)20-13)22-12(2)7-17(3,4)19-9-14-11-26-16(24)21-14/h12-14H,6-11H2,1-5H3. The van der Waals surface area contributed by atoms with Crippen molar-refractivity contribution in [1.82, 2.24) is 0 Å². The number of thiocarbonyl (C=S) groups is 2. The molecule has 0 aromatic rings. The second-order valence-electron chi connectivity index (χ2n) is 7.81. The molecule has 0 aliphatic carbocycles. The monoisotopic (exact) mass is 438 g/mol. The van der Waals surface area contributed by atoms with Gasteiger partial charge in [-0.05, 0) is 58.6 Å². The van der Waals surface area contributed by atoms with Gasteiger partial charge >= 0.3 is 0 Å². The number of hydrogen-bond donors (Lipinski definition) is 0. The minimum absolute atomic E-state index is 0.0600. The smallest absolute Gasteiger partial charge is 0.220 e. The Bertz CT molecular complexity index is 513. The molecular formula is C18H30O4S4. The molecule has 26 heavy (non-hydrogen) atoms. The van der Waals surface area contributed by atoms with Gasteiger partial charge in [-0.25, -0.2) is 0 Å². The van der Waals surface area contributed by atoms with Crippen LogP contribution in [0.25, 0.3) is 0 Å². The Morgan fingerprint density at radius 1 is 1.12 bits per heavy atom. The molecule has 4 nitrogen and oxygen atoms in total. The third-order valence-corrected chi connectivity index (χ3v) is 7.27. The molecule has 0 spiro atoms. The average Bonchev–Trinajstić information content (AvgIpc) is 3.13. The van der Waals surface area contributed by atoms with Crippen LogP contribution >= 0.6 is 48.0 Å². The van der Waals surface area contributed by atoms with Gasteiger partial charge in [-0.1, -0.05) is 30.4 Å². The van der Waals surface area contributed by atoms with Gasteiger partial charge < -0.3 is 18.9 Å². The molecule has 2 fully saturated rings. The van der Waals surface area contributed by atoms with Crippen LogP contribution < -0.4 is 0 Å². The summed E-state index contributed by atoms with van der Waals surface area (Å²) in [5.41, 5.74) is -0.508. The Morgan fingerprint density at radius 3 is 2.19 bits per heavy atom. The molecule has 2 aliphatic rings. The maximum atomic E-state index is 6.44. The lowest BCUT2D eigenvalue weighted by atomic mass is 9.94. The fourth-order valence-electron chi connectivity index (χ4n) is 3.27. The van der Waals surface area contributed by atoms with Gasteiger partial charge in [0.25, 0.3) is 0 Å². The third kappa shape index (κ3) is 7.43. The summed E-state index contributed by atoms with van der Waals surface area (Å²) in [5, 5.41) is 0. The molecule has 0 bridgehead atoms. The molecule has 0 amide bonds. The molecule has 0 radical (unpaired) electrons. The molecule has 0 saturated carbocycles. The minimum Gasteiger partial charge on any atom is -0.474 e. The van der Waals surface area contributed by atoms with Gasteiger partial charge in [0.15, 0.2) is 0 Å². The molecule has 4 unspecified atom stereocenters. The molecule has 0 aromatic carbocycles. The van der Waals surface area contributed by atoms with Crippen LogP contribution in [-0.2, 0) is 18.9 Å². The van der Waals surface area contributed by atoms with E-state index in [4.69, 9.17) is 43.4 Å². The largest absolute Gasteiger partial charge is 0.474 e. The first-order valence-corrected chi connectivity index (χ1v) is 11.9. The second kappa shape index (κ2) is 9.74. The van der Waals surface area contributed by atoms with Gasteiger partial charge in [0.05, 0.1) is 23.9 Å². The van der Waals surface area contributed by atoms with E-state index in [2.05, 4.69) is 34.6 Å². The fraction of sp³-hybridized carbons (Fsp3) is 0.889. The van der Waals surface area contributed by atoms with Crippen molar-refractivity contribution in [2.45, 2.75) is 83.4 Å². The number of thioether (sulfide) groups is 2. The molecule has 4 atom stereocenters. The van der Waals surface area contributed by atoms with Crippen molar-refractivity contribution in [1.29, 1.82) is 0 Å². The topological polar surface area (TPSA) is 36.9 Å². The summed E-state index contributed by atoms with van der Waals surface area (Å²) >= 11 is 13.4. The second-order valence-corrected chi connectivity index (χ2v) is 11.1. The number of rotatable bonds is 10. The first-order valence-electron chi connectivity index (χ1n) is 9.09. The van der Waals surface area contributed by atoms with Crippen LogP contribution in [-0.4, -0.2) is 56.4 Å². The summed E-state index contributed by atoms with van der Waals surface area (Å²) in [7, 11) is 0. The first-order chi connectivity index (χ1) is 12.1. The van der Waals surface area contributed by atoms with Crippen LogP contribution in [0.1, 0.15) is 53.9 Å². The van der Waals surface area contributed by atoms with E-state index in [9.17, 15) is 0 Å². The average molecular weight is 439 g/mol. The quantitative estimate of drug-likeness (QED) is 0.443. The van der Waals surface area contributed by atoms with Crippen molar-refractivity contribution in [2.75, 3.05) is 18.1 Å². The zero-order valence-electron chi connectivity index (χ0n) is 16.2. The Morgan fingerprint density at radius 2 is 1.69 bits per heavy atom. The van der Waals surface area contributed by atoms with Crippen LogP contribution in [0.3, 0.4) is 0 Å². The zero-order valence-corrected chi connectivity index (χ0v) is 19.5. The van der Waals surface area contributed by atoms with Crippen LogP contribution in [0.2, 0.25) is 0 Å². The van der Waals surface area contributed by atoms with Gasteiger partial charge in [0.2, 0.25) is 8.77 Å². The van der Waals surface area contributed by atoms with Gasteiger partial charge in [0, 0.05) is 24.3 Å². The number of ether oxygens (including phenoxy) is 4. The van der Waals surface area contributed by atoms with Crippen molar-refractivity contribution in [3.8, 4) is 0 Å². The van der Waals surface area contributed by atoms with E-state index >= 15 is 0 Å². The molecular weight excluding hydrogens is 408 g/mol.